The Morgan fingerprint density at radius 3 is 2.55 bits per heavy atom. The van der Waals surface area contributed by atoms with Crippen molar-refractivity contribution in [2.45, 2.75) is 12.8 Å². The Hall–Kier alpha value is -2.64. The molecule has 3 aromatic rings. The number of anilines is 1. The fourth-order valence-corrected chi connectivity index (χ4v) is 3.72. The molecule has 1 N–H and O–H groups in total. The third-order valence-electron chi connectivity index (χ3n) is 5.17. The highest BCUT2D eigenvalue weighted by Gasteiger charge is 2.23. The maximum absolute atomic E-state index is 14.5. The minimum atomic E-state index is -0.720. The molecule has 1 saturated heterocycles. The summed E-state index contributed by atoms with van der Waals surface area (Å²) in [5.74, 6) is -0.440. The number of nitrogens with zero attached hydrogens (tertiary/aromatic N) is 4. The normalized spacial score (nSPS) is 15.0. The molecule has 0 bridgehead atoms. The van der Waals surface area contributed by atoms with E-state index >= 15 is 0 Å². The first kappa shape index (κ1) is 19.7. The van der Waals surface area contributed by atoms with E-state index in [1.807, 2.05) is 0 Å². The molecule has 0 atom stereocenters. The summed E-state index contributed by atoms with van der Waals surface area (Å²) < 4.78 is 27.9. The van der Waals surface area contributed by atoms with Crippen molar-refractivity contribution in [1.29, 1.82) is 0 Å². The van der Waals surface area contributed by atoms with Gasteiger partial charge in [0.15, 0.2) is 0 Å². The van der Waals surface area contributed by atoms with E-state index in [-0.39, 0.29) is 17.9 Å². The van der Waals surface area contributed by atoms with Crippen molar-refractivity contribution in [3.8, 4) is 22.5 Å². The summed E-state index contributed by atoms with van der Waals surface area (Å²) in [6.07, 6.45) is 6.38. The second-order valence-corrected chi connectivity index (χ2v) is 7.43. The average Bonchev–Trinajstić information content (AvgIpc) is 2.74. The van der Waals surface area contributed by atoms with Crippen LogP contribution in [0.2, 0.25) is 5.02 Å². The molecule has 8 heteroatoms. The Bertz CT molecular complexity index is 1030. The van der Waals surface area contributed by atoms with Crippen molar-refractivity contribution in [2.75, 3.05) is 24.6 Å². The second kappa shape index (κ2) is 8.39. The van der Waals surface area contributed by atoms with Crippen molar-refractivity contribution in [3.63, 3.8) is 0 Å². The average molecular weight is 417 g/mol. The highest BCUT2D eigenvalue weighted by Crippen LogP contribution is 2.35. The zero-order valence-corrected chi connectivity index (χ0v) is 16.3. The van der Waals surface area contributed by atoms with Gasteiger partial charge in [-0.2, -0.15) is 0 Å². The van der Waals surface area contributed by atoms with E-state index in [9.17, 15) is 13.9 Å². The molecule has 0 unspecified atom stereocenters. The molecule has 1 aliphatic heterocycles. The molecule has 1 aromatic carbocycles. The van der Waals surface area contributed by atoms with Crippen LogP contribution in [0.3, 0.4) is 0 Å². The first-order valence-electron chi connectivity index (χ1n) is 9.35. The SMILES string of the molecule is OCC1CCN(c2cnc(-c3ccc(F)cc3F)c(-c3ccncc3Cl)n2)CC1. The van der Waals surface area contributed by atoms with Crippen LogP contribution in [0.15, 0.2) is 42.9 Å². The van der Waals surface area contributed by atoms with E-state index < -0.39 is 11.6 Å². The van der Waals surface area contributed by atoms with E-state index in [0.29, 0.717) is 28.0 Å². The van der Waals surface area contributed by atoms with Gasteiger partial charge in [0.05, 0.1) is 16.9 Å². The molecule has 150 valence electrons. The largest absolute Gasteiger partial charge is 0.396 e. The molecule has 0 radical (unpaired) electrons. The van der Waals surface area contributed by atoms with Gasteiger partial charge < -0.3 is 10.0 Å². The molecule has 0 amide bonds. The lowest BCUT2D eigenvalue weighted by Crippen LogP contribution is -2.35. The number of rotatable bonds is 4. The zero-order chi connectivity index (χ0) is 20.4. The number of hydrogen-bond acceptors (Lipinski definition) is 5. The van der Waals surface area contributed by atoms with E-state index in [0.717, 1.165) is 32.0 Å². The van der Waals surface area contributed by atoms with Gasteiger partial charge >= 0.3 is 0 Å². The highest BCUT2D eigenvalue weighted by molar-refractivity contribution is 6.33. The fourth-order valence-electron chi connectivity index (χ4n) is 3.51. The van der Waals surface area contributed by atoms with Gasteiger partial charge in [0.2, 0.25) is 0 Å². The van der Waals surface area contributed by atoms with Gasteiger partial charge in [-0.25, -0.2) is 18.7 Å². The zero-order valence-electron chi connectivity index (χ0n) is 15.5. The van der Waals surface area contributed by atoms with Crippen molar-refractivity contribution < 1.29 is 13.9 Å². The second-order valence-electron chi connectivity index (χ2n) is 7.02. The monoisotopic (exact) mass is 416 g/mol. The number of aliphatic hydroxyl groups excluding tert-OH is 1. The van der Waals surface area contributed by atoms with E-state index in [1.54, 1.807) is 18.5 Å². The first-order valence-corrected chi connectivity index (χ1v) is 9.72. The molecule has 3 heterocycles. The van der Waals surface area contributed by atoms with Crippen molar-refractivity contribution in [3.05, 3.63) is 59.5 Å². The van der Waals surface area contributed by atoms with Crippen LogP contribution in [0, 0.1) is 17.6 Å². The summed E-state index contributed by atoms with van der Waals surface area (Å²) >= 11 is 6.33. The number of halogens is 3. The fraction of sp³-hybridized carbons (Fsp3) is 0.286. The Morgan fingerprint density at radius 1 is 1.07 bits per heavy atom. The molecule has 0 aliphatic carbocycles. The van der Waals surface area contributed by atoms with Crippen molar-refractivity contribution in [1.82, 2.24) is 15.0 Å². The van der Waals surface area contributed by atoms with Gasteiger partial charge in [-0.3, -0.25) is 4.98 Å². The maximum atomic E-state index is 14.5. The molecule has 0 spiro atoms. The van der Waals surface area contributed by atoms with Crippen LogP contribution in [0.4, 0.5) is 14.6 Å². The summed E-state index contributed by atoms with van der Waals surface area (Å²) in [5.41, 5.74) is 1.40. The molecule has 1 aliphatic rings. The Labute approximate surface area is 172 Å². The van der Waals surface area contributed by atoms with Crippen molar-refractivity contribution >= 4 is 17.4 Å². The van der Waals surface area contributed by atoms with Gasteiger partial charge in [0.25, 0.3) is 0 Å². The lowest BCUT2D eigenvalue weighted by molar-refractivity contribution is 0.203. The van der Waals surface area contributed by atoms with E-state index in [2.05, 4.69) is 14.9 Å². The molecule has 29 heavy (non-hydrogen) atoms. The predicted octanol–water partition coefficient (Wildman–Crippen LogP) is 4.35. The first-order chi connectivity index (χ1) is 14.1. The number of piperidine rings is 1. The number of hydrogen-bond donors (Lipinski definition) is 1. The van der Waals surface area contributed by atoms with Gasteiger partial charge in [-0.15, -0.1) is 0 Å². The predicted molar refractivity (Wildman–Crippen MR) is 108 cm³/mol. The van der Waals surface area contributed by atoms with Crippen LogP contribution in [-0.4, -0.2) is 39.8 Å². The van der Waals surface area contributed by atoms with E-state index in [4.69, 9.17) is 16.6 Å². The van der Waals surface area contributed by atoms with E-state index in [1.165, 1.54) is 18.3 Å². The minimum absolute atomic E-state index is 0.146. The van der Waals surface area contributed by atoms with Crippen LogP contribution < -0.4 is 4.90 Å². The lowest BCUT2D eigenvalue weighted by Gasteiger charge is -2.32. The molecular formula is C21H19ClF2N4O. The topological polar surface area (TPSA) is 62.1 Å². The van der Waals surface area contributed by atoms with Gasteiger partial charge in [0.1, 0.15) is 23.1 Å². The van der Waals surface area contributed by atoms with Crippen LogP contribution >= 0.6 is 11.6 Å². The number of benzene rings is 1. The maximum Gasteiger partial charge on any atom is 0.147 e. The quantitative estimate of drug-likeness (QED) is 0.685. The Balaban J connectivity index is 1.81. The molecule has 0 saturated carbocycles. The minimum Gasteiger partial charge on any atom is -0.396 e. The molecular weight excluding hydrogens is 398 g/mol. The summed E-state index contributed by atoms with van der Waals surface area (Å²) in [6.45, 7) is 1.67. The van der Waals surface area contributed by atoms with Crippen LogP contribution in [0.25, 0.3) is 22.5 Å². The lowest BCUT2D eigenvalue weighted by atomic mass is 9.98. The Kier molecular flexibility index (Phi) is 5.69. The van der Waals surface area contributed by atoms with Crippen molar-refractivity contribution in [2.24, 2.45) is 5.92 Å². The Morgan fingerprint density at radius 2 is 1.86 bits per heavy atom. The number of aromatic nitrogens is 3. The standard InChI is InChI=1S/C21H19ClF2N4O/c22-17-10-25-6-3-15(17)21-20(16-2-1-14(23)9-18(16)24)26-11-19(27-21)28-7-4-13(12-29)5-8-28/h1-3,6,9-11,13,29H,4-5,7-8,12H2. The molecule has 2 aromatic heterocycles. The summed E-state index contributed by atoms with van der Waals surface area (Å²) in [4.78, 5) is 15.3. The van der Waals surface area contributed by atoms with Crippen LogP contribution in [0.5, 0.6) is 0 Å². The summed E-state index contributed by atoms with van der Waals surface area (Å²) in [5, 5.41) is 9.71. The summed E-state index contributed by atoms with van der Waals surface area (Å²) in [6, 6.07) is 5.05. The highest BCUT2D eigenvalue weighted by atomic mass is 35.5. The van der Waals surface area contributed by atoms with Crippen LogP contribution in [-0.2, 0) is 0 Å². The number of pyridine rings is 1. The third-order valence-corrected chi connectivity index (χ3v) is 5.47. The summed E-state index contributed by atoms with van der Waals surface area (Å²) in [7, 11) is 0. The third kappa shape index (κ3) is 4.06. The van der Waals surface area contributed by atoms with Gasteiger partial charge in [0, 0.05) is 49.3 Å². The van der Waals surface area contributed by atoms with Crippen LogP contribution in [0.1, 0.15) is 12.8 Å². The van der Waals surface area contributed by atoms with Gasteiger partial charge in [-0.05, 0) is 37.0 Å². The molecule has 4 rings (SSSR count). The number of aliphatic hydroxyl groups is 1. The smallest absolute Gasteiger partial charge is 0.147 e. The van der Waals surface area contributed by atoms with Gasteiger partial charge in [-0.1, -0.05) is 11.6 Å². The molecule has 5 nitrogen and oxygen atoms in total. The molecule has 1 fully saturated rings.